The molecule has 1 aliphatic rings. The quantitative estimate of drug-likeness (QED) is 0.650. The first-order valence-corrected chi connectivity index (χ1v) is 10.1. The monoisotopic (exact) mass is 389 g/mol. The van der Waals surface area contributed by atoms with E-state index in [0.29, 0.717) is 6.54 Å². The molecule has 3 heterocycles. The smallest absolute Gasteiger partial charge is 0.242 e. The van der Waals surface area contributed by atoms with Gasteiger partial charge in [0.25, 0.3) is 0 Å². The van der Waals surface area contributed by atoms with Gasteiger partial charge >= 0.3 is 0 Å². The summed E-state index contributed by atoms with van der Waals surface area (Å²) in [4.78, 5) is 25.8. The Labute approximate surface area is 171 Å². The number of aromatic nitrogens is 3. The van der Waals surface area contributed by atoms with Crippen molar-refractivity contribution in [2.24, 2.45) is 0 Å². The molecule has 1 aliphatic heterocycles. The Kier molecular flexibility index (Phi) is 5.89. The maximum Gasteiger partial charge on any atom is 0.242 e. The standard InChI is InChI=1S/C23H27N5O/c1-26(21-9-3-2-4-10-21)18-22(29)27-13-6-8-20(17-27)23-25-12-14-28(23)16-19-7-5-11-24-15-19/h2-5,7,9-12,14-15,20H,6,8,13,16-18H2,1H3/t20-/m1/s1. The summed E-state index contributed by atoms with van der Waals surface area (Å²) < 4.78 is 2.19. The largest absolute Gasteiger partial charge is 0.365 e. The molecule has 2 aromatic heterocycles. The molecule has 0 unspecified atom stereocenters. The predicted molar refractivity (Wildman–Crippen MR) is 114 cm³/mol. The molecule has 0 spiro atoms. The van der Waals surface area contributed by atoms with E-state index < -0.39 is 0 Å². The van der Waals surface area contributed by atoms with Crippen LogP contribution in [-0.2, 0) is 11.3 Å². The second-order valence-electron chi connectivity index (χ2n) is 7.65. The number of likely N-dealkylation sites (tertiary alicyclic amines) is 1. The Morgan fingerprint density at radius 3 is 2.83 bits per heavy atom. The normalized spacial score (nSPS) is 16.6. The topological polar surface area (TPSA) is 54.3 Å². The van der Waals surface area contributed by atoms with E-state index in [-0.39, 0.29) is 11.8 Å². The molecule has 0 radical (unpaired) electrons. The SMILES string of the molecule is CN(CC(=O)N1CCC[C@@H](c2nccn2Cc2cccnc2)C1)c1ccccc1. The van der Waals surface area contributed by atoms with Crippen LogP contribution >= 0.6 is 0 Å². The van der Waals surface area contributed by atoms with Gasteiger partial charge in [-0.1, -0.05) is 24.3 Å². The second kappa shape index (κ2) is 8.90. The fraction of sp³-hybridized carbons (Fsp3) is 0.348. The van der Waals surface area contributed by atoms with E-state index in [2.05, 4.69) is 20.6 Å². The highest BCUT2D eigenvalue weighted by Gasteiger charge is 2.28. The van der Waals surface area contributed by atoms with Gasteiger partial charge < -0.3 is 14.4 Å². The summed E-state index contributed by atoms with van der Waals surface area (Å²) in [6.07, 6.45) is 9.62. The molecule has 1 amide bonds. The number of pyridine rings is 1. The van der Waals surface area contributed by atoms with Crippen molar-refractivity contribution in [3.63, 3.8) is 0 Å². The second-order valence-corrected chi connectivity index (χ2v) is 7.65. The third-order valence-corrected chi connectivity index (χ3v) is 5.53. The Balaban J connectivity index is 1.41. The van der Waals surface area contributed by atoms with E-state index in [9.17, 15) is 4.79 Å². The van der Waals surface area contributed by atoms with Crippen LogP contribution in [0.3, 0.4) is 0 Å². The first-order chi connectivity index (χ1) is 14.2. The van der Waals surface area contributed by atoms with Gasteiger partial charge in [-0.3, -0.25) is 9.78 Å². The van der Waals surface area contributed by atoms with Crippen molar-refractivity contribution in [1.82, 2.24) is 19.4 Å². The number of imidazole rings is 1. The number of hydrogen-bond donors (Lipinski definition) is 0. The van der Waals surface area contributed by atoms with Gasteiger partial charge in [0, 0.05) is 56.5 Å². The number of carbonyl (C=O) groups is 1. The van der Waals surface area contributed by atoms with Gasteiger partial charge in [0.15, 0.2) is 0 Å². The average Bonchev–Trinajstić information content (AvgIpc) is 3.23. The number of amides is 1. The van der Waals surface area contributed by atoms with E-state index in [1.165, 1.54) is 0 Å². The highest BCUT2D eigenvalue weighted by molar-refractivity contribution is 5.81. The van der Waals surface area contributed by atoms with E-state index in [0.717, 1.165) is 49.6 Å². The van der Waals surface area contributed by atoms with Crippen molar-refractivity contribution in [1.29, 1.82) is 0 Å². The molecular weight excluding hydrogens is 362 g/mol. The number of benzene rings is 1. The van der Waals surface area contributed by atoms with Gasteiger partial charge in [0.1, 0.15) is 5.82 Å². The lowest BCUT2D eigenvalue weighted by molar-refractivity contribution is -0.130. The number of rotatable bonds is 6. The molecule has 0 aliphatic carbocycles. The minimum absolute atomic E-state index is 0.173. The van der Waals surface area contributed by atoms with Gasteiger partial charge in [0.2, 0.25) is 5.91 Å². The van der Waals surface area contributed by atoms with Crippen molar-refractivity contribution >= 4 is 11.6 Å². The summed E-state index contributed by atoms with van der Waals surface area (Å²) in [5.41, 5.74) is 2.21. The molecule has 1 fully saturated rings. The number of anilines is 1. The van der Waals surface area contributed by atoms with Crippen LogP contribution in [0.1, 0.15) is 30.1 Å². The Morgan fingerprint density at radius 1 is 1.17 bits per heavy atom. The number of hydrogen-bond acceptors (Lipinski definition) is 4. The van der Waals surface area contributed by atoms with Crippen LogP contribution in [0.4, 0.5) is 5.69 Å². The molecule has 1 atom stereocenters. The molecule has 0 N–H and O–H groups in total. The Hall–Kier alpha value is -3.15. The fourth-order valence-corrected chi connectivity index (χ4v) is 3.99. The summed E-state index contributed by atoms with van der Waals surface area (Å²) in [5, 5.41) is 0. The molecule has 29 heavy (non-hydrogen) atoms. The van der Waals surface area contributed by atoms with Gasteiger partial charge in [0.05, 0.1) is 13.1 Å². The molecule has 1 aromatic carbocycles. The highest BCUT2D eigenvalue weighted by Crippen LogP contribution is 2.26. The molecule has 3 aromatic rings. The van der Waals surface area contributed by atoms with E-state index >= 15 is 0 Å². The predicted octanol–water partition coefficient (Wildman–Crippen LogP) is 3.17. The zero-order valence-corrected chi connectivity index (χ0v) is 16.8. The van der Waals surface area contributed by atoms with Gasteiger partial charge in [-0.25, -0.2) is 4.98 Å². The van der Waals surface area contributed by atoms with Crippen LogP contribution in [0.5, 0.6) is 0 Å². The van der Waals surface area contributed by atoms with Crippen LogP contribution in [0.15, 0.2) is 67.3 Å². The van der Waals surface area contributed by atoms with Crippen molar-refractivity contribution < 1.29 is 4.79 Å². The first-order valence-electron chi connectivity index (χ1n) is 10.1. The third-order valence-electron chi connectivity index (χ3n) is 5.53. The maximum atomic E-state index is 12.9. The number of nitrogens with zero attached hydrogens (tertiary/aromatic N) is 5. The van der Waals surface area contributed by atoms with E-state index in [1.54, 1.807) is 6.20 Å². The number of likely N-dealkylation sites (N-methyl/N-ethyl adjacent to an activating group) is 1. The minimum atomic E-state index is 0.173. The summed E-state index contributed by atoms with van der Waals surface area (Å²) in [7, 11) is 1.97. The Morgan fingerprint density at radius 2 is 2.03 bits per heavy atom. The van der Waals surface area contributed by atoms with Crippen molar-refractivity contribution in [3.05, 3.63) is 78.6 Å². The lowest BCUT2D eigenvalue weighted by atomic mass is 9.97. The number of piperidine rings is 1. The summed E-state index contributed by atoms with van der Waals surface area (Å²) in [5.74, 6) is 1.50. The van der Waals surface area contributed by atoms with Gasteiger partial charge in [-0.15, -0.1) is 0 Å². The van der Waals surface area contributed by atoms with E-state index in [4.69, 9.17) is 0 Å². The molecule has 6 heteroatoms. The zero-order valence-electron chi connectivity index (χ0n) is 16.8. The minimum Gasteiger partial charge on any atom is -0.365 e. The summed E-state index contributed by atoms with van der Waals surface area (Å²) in [6.45, 7) is 2.69. The van der Waals surface area contributed by atoms with Crippen LogP contribution in [0, 0.1) is 0 Å². The Bertz CT molecular complexity index is 925. The van der Waals surface area contributed by atoms with Crippen molar-refractivity contribution in [3.8, 4) is 0 Å². The molecule has 1 saturated heterocycles. The molecular formula is C23H27N5O. The summed E-state index contributed by atoms with van der Waals surface area (Å²) in [6, 6.07) is 14.1. The van der Waals surface area contributed by atoms with Crippen LogP contribution in [0.25, 0.3) is 0 Å². The van der Waals surface area contributed by atoms with Gasteiger partial charge in [-0.05, 0) is 36.6 Å². The zero-order chi connectivity index (χ0) is 20.1. The molecule has 4 rings (SSSR count). The number of para-hydroxylation sites is 1. The molecule has 0 bridgehead atoms. The number of carbonyl (C=O) groups excluding carboxylic acids is 1. The van der Waals surface area contributed by atoms with Crippen LogP contribution in [-0.4, -0.2) is 52.0 Å². The molecule has 150 valence electrons. The highest BCUT2D eigenvalue weighted by atomic mass is 16.2. The summed E-state index contributed by atoms with van der Waals surface area (Å²) >= 11 is 0. The van der Waals surface area contributed by atoms with Gasteiger partial charge in [-0.2, -0.15) is 0 Å². The van der Waals surface area contributed by atoms with Crippen LogP contribution in [0.2, 0.25) is 0 Å². The van der Waals surface area contributed by atoms with Crippen molar-refractivity contribution in [2.75, 3.05) is 31.6 Å². The van der Waals surface area contributed by atoms with Crippen molar-refractivity contribution in [2.45, 2.75) is 25.3 Å². The maximum absolute atomic E-state index is 12.9. The molecule has 6 nitrogen and oxygen atoms in total. The van der Waals surface area contributed by atoms with Crippen LogP contribution < -0.4 is 4.90 Å². The third kappa shape index (κ3) is 4.65. The van der Waals surface area contributed by atoms with E-state index in [1.807, 2.05) is 71.8 Å². The lowest BCUT2D eigenvalue weighted by Crippen LogP contribution is -2.44. The first kappa shape index (κ1) is 19.2. The molecule has 0 saturated carbocycles. The fourth-order valence-electron chi connectivity index (χ4n) is 3.99. The average molecular weight is 390 g/mol. The lowest BCUT2D eigenvalue weighted by Gasteiger charge is -2.34.